The molecule has 3 unspecified atom stereocenters. The van der Waals surface area contributed by atoms with Crippen LogP contribution < -0.4 is 5.32 Å². The molecule has 106 valence electrons. The molecule has 0 radical (unpaired) electrons. The molecule has 0 spiro atoms. The smallest absolute Gasteiger partial charge is 0.0897 e. The highest BCUT2D eigenvalue weighted by molar-refractivity contribution is 4.75. The number of hydrogen-bond donors (Lipinski definition) is 2. The molecular weight excluding hydrogens is 226 g/mol. The molecule has 0 amide bonds. The van der Waals surface area contributed by atoms with Gasteiger partial charge >= 0.3 is 0 Å². The zero-order chi connectivity index (χ0) is 12.8. The Morgan fingerprint density at radius 3 is 2.78 bits per heavy atom. The van der Waals surface area contributed by atoms with Crippen LogP contribution in [-0.4, -0.2) is 37.0 Å². The minimum Gasteiger partial charge on any atom is -0.389 e. The molecule has 2 fully saturated rings. The average Bonchev–Trinajstić information content (AvgIpc) is 3.16. The largest absolute Gasteiger partial charge is 0.389 e. The Bertz CT molecular complexity index is 231. The quantitative estimate of drug-likeness (QED) is 0.686. The molecule has 0 aromatic rings. The van der Waals surface area contributed by atoms with Gasteiger partial charge in [0.15, 0.2) is 0 Å². The van der Waals surface area contributed by atoms with Crippen LogP contribution in [0.2, 0.25) is 0 Å². The van der Waals surface area contributed by atoms with Gasteiger partial charge in [-0.05, 0) is 43.9 Å². The molecule has 0 aromatic heterocycles. The Morgan fingerprint density at radius 2 is 2.00 bits per heavy atom. The van der Waals surface area contributed by atoms with Gasteiger partial charge in [-0.15, -0.1) is 0 Å². The lowest BCUT2D eigenvalue weighted by atomic mass is 10.0. The Kier molecular flexibility index (Phi) is 5.93. The summed E-state index contributed by atoms with van der Waals surface area (Å²) in [6.45, 7) is 4.37. The second-order valence-electron chi connectivity index (χ2n) is 6.35. The molecule has 0 saturated heterocycles. The van der Waals surface area contributed by atoms with Gasteiger partial charge in [-0.25, -0.2) is 0 Å². The van der Waals surface area contributed by atoms with Crippen LogP contribution in [0.4, 0.5) is 0 Å². The summed E-state index contributed by atoms with van der Waals surface area (Å²) in [5.74, 6) is 1.66. The summed E-state index contributed by atoms with van der Waals surface area (Å²) in [4.78, 5) is 0. The predicted octanol–water partition coefficient (Wildman–Crippen LogP) is 2.33. The summed E-state index contributed by atoms with van der Waals surface area (Å²) < 4.78 is 5.51. The molecule has 2 saturated carbocycles. The summed E-state index contributed by atoms with van der Waals surface area (Å²) in [5.41, 5.74) is 0. The molecule has 0 heterocycles. The molecule has 0 aliphatic heterocycles. The van der Waals surface area contributed by atoms with Crippen molar-refractivity contribution in [1.29, 1.82) is 0 Å². The fourth-order valence-corrected chi connectivity index (χ4v) is 2.71. The van der Waals surface area contributed by atoms with Crippen molar-refractivity contribution in [3.05, 3.63) is 0 Å². The van der Waals surface area contributed by atoms with Gasteiger partial charge in [-0.1, -0.05) is 19.8 Å². The monoisotopic (exact) mass is 255 g/mol. The Morgan fingerprint density at radius 1 is 1.17 bits per heavy atom. The molecule has 0 aromatic carbocycles. The Labute approximate surface area is 111 Å². The van der Waals surface area contributed by atoms with E-state index < -0.39 is 0 Å². The maximum Gasteiger partial charge on any atom is 0.0897 e. The molecule has 2 rings (SSSR count). The van der Waals surface area contributed by atoms with Crippen molar-refractivity contribution in [2.45, 2.75) is 64.0 Å². The van der Waals surface area contributed by atoms with Crippen LogP contribution in [0.25, 0.3) is 0 Å². The molecular formula is C15H29NO2. The van der Waals surface area contributed by atoms with E-state index in [0.29, 0.717) is 19.2 Å². The van der Waals surface area contributed by atoms with Crippen molar-refractivity contribution in [2.24, 2.45) is 11.8 Å². The lowest BCUT2D eigenvalue weighted by Gasteiger charge is -2.19. The Hall–Kier alpha value is -0.120. The van der Waals surface area contributed by atoms with E-state index in [0.717, 1.165) is 18.4 Å². The fourth-order valence-electron chi connectivity index (χ4n) is 2.71. The van der Waals surface area contributed by atoms with Crippen LogP contribution in [0.15, 0.2) is 0 Å². The molecule has 18 heavy (non-hydrogen) atoms. The van der Waals surface area contributed by atoms with E-state index in [4.69, 9.17) is 4.74 Å². The molecule has 3 atom stereocenters. The van der Waals surface area contributed by atoms with Crippen LogP contribution in [0.1, 0.15) is 51.9 Å². The first-order valence-electron chi connectivity index (χ1n) is 7.73. The zero-order valence-electron chi connectivity index (χ0n) is 11.7. The van der Waals surface area contributed by atoms with E-state index in [1.807, 2.05) is 0 Å². The van der Waals surface area contributed by atoms with E-state index in [1.54, 1.807) is 0 Å². The van der Waals surface area contributed by atoms with Gasteiger partial charge in [-0.3, -0.25) is 0 Å². The minimum absolute atomic E-state index is 0.343. The van der Waals surface area contributed by atoms with Gasteiger partial charge in [0.05, 0.1) is 12.7 Å². The van der Waals surface area contributed by atoms with Crippen LogP contribution in [0.5, 0.6) is 0 Å². The molecule has 3 nitrogen and oxygen atoms in total. The topological polar surface area (TPSA) is 41.5 Å². The van der Waals surface area contributed by atoms with Crippen LogP contribution >= 0.6 is 0 Å². The average molecular weight is 255 g/mol. The van der Waals surface area contributed by atoms with E-state index >= 15 is 0 Å². The van der Waals surface area contributed by atoms with Crippen LogP contribution in [-0.2, 0) is 4.74 Å². The van der Waals surface area contributed by atoms with E-state index in [2.05, 4.69) is 12.2 Å². The van der Waals surface area contributed by atoms with E-state index in [9.17, 15) is 5.11 Å². The van der Waals surface area contributed by atoms with Crippen LogP contribution in [0, 0.1) is 11.8 Å². The fraction of sp³-hybridized carbons (Fsp3) is 1.00. The van der Waals surface area contributed by atoms with Crippen molar-refractivity contribution in [1.82, 2.24) is 5.32 Å². The number of aliphatic hydroxyl groups is 1. The number of nitrogens with one attached hydrogen (secondary N) is 1. The van der Waals surface area contributed by atoms with Gasteiger partial charge < -0.3 is 15.2 Å². The second kappa shape index (κ2) is 7.46. The van der Waals surface area contributed by atoms with Gasteiger partial charge in [0.1, 0.15) is 0 Å². The first-order valence-corrected chi connectivity index (χ1v) is 7.73. The van der Waals surface area contributed by atoms with Crippen molar-refractivity contribution < 1.29 is 9.84 Å². The summed E-state index contributed by atoms with van der Waals surface area (Å²) in [6, 6.07) is 0.605. The van der Waals surface area contributed by atoms with Gasteiger partial charge in [0.25, 0.3) is 0 Å². The molecule has 2 N–H and O–H groups in total. The third-order valence-electron chi connectivity index (χ3n) is 4.26. The highest BCUT2D eigenvalue weighted by atomic mass is 16.5. The highest BCUT2D eigenvalue weighted by Gasteiger charge is 2.22. The van der Waals surface area contributed by atoms with E-state index in [1.165, 1.54) is 44.9 Å². The number of rotatable bonds is 7. The molecule has 3 heteroatoms. The standard InChI is InChI=1S/C15H29NO2/c1-12-3-2-4-14(8-5-12)16-9-15(17)11-18-10-13-6-7-13/h12-17H,2-11H2,1H3. The third kappa shape index (κ3) is 5.68. The molecule has 0 bridgehead atoms. The zero-order valence-corrected chi connectivity index (χ0v) is 11.7. The molecule has 2 aliphatic rings. The van der Waals surface area contributed by atoms with E-state index in [-0.39, 0.29) is 6.10 Å². The summed E-state index contributed by atoms with van der Waals surface area (Å²) in [5, 5.41) is 13.4. The summed E-state index contributed by atoms with van der Waals surface area (Å²) in [6.07, 6.45) is 8.83. The lowest BCUT2D eigenvalue weighted by molar-refractivity contribution is 0.0310. The number of hydrogen-bond acceptors (Lipinski definition) is 3. The van der Waals surface area contributed by atoms with Gasteiger partial charge in [0.2, 0.25) is 0 Å². The maximum absolute atomic E-state index is 9.85. The van der Waals surface area contributed by atoms with Crippen LogP contribution in [0.3, 0.4) is 0 Å². The van der Waals surface area contributed by atoms with Gasteiger partial charge in [0, 0.05) is 19.2 Å². The predicted molar refractivity (Wildman–Crippen MR) is 73.6 cm³/mol. The van der Waals surface area contributed by atoms with Crippen molar-refractivity contribution in [3.63, 3.8) is 0 Å². The minimum atomic E-state index is -0.343. The third-order valence-corrected chi connectivity index (χ3v) is 4.26. The SMILES string of the molecule is CC1CCCC(NCC(O)COCC2CC2)CC1. The highest BCUT2D eigenvalue weighted by Crippen LogP contribution is 2.28. The first-order chi connectivity index (χ1) is 8.74. The molecule has 2 aliphatic carbocycles. The summed E-state index contributed by atoms with van der Waals surface area (Å²) >= 11 is 0. The van der Waals surface area contributed by atoms with Crippen molar-refractivity contribution in [2.75, 3.05) is 19.8 Å². The summed E-state index contributed by atoms with van der Waals surface area (Å²) in [7, 11) is 0. The van der Waals surface area contributed by atoms with Crippen molar-refractivity contribution in [3.8, 4) is 0 Å². The van der Waals surface area contributed by atoms with Crippen molar-refractivity contribution >= 4 is 0 Å². The first kappa shape index (κ1) is 14.3. The second-order valence-corrected chi connectivity index (χ2v) is 6.35. The normalized spacial score (nSPS) is 31.0. The Balaban J connectivity index is 1.52. The lowest BCUT2D eigenvalue weighted by Crippen LogP contribution is -2.37. The van der Waals surface area contributed by atoms with Gasteiger partial charge in [-0.2, -0.15) is 0 Å². The maximum atomic E-state index is 9.85. The number of aliphatic hydroxyl groups excluding tert-OH is 1. The number of ether oxygens (including phenoxy) is 1.